The van der Waals surface area contributed by atoms with Crippen LogP contribution in [0.2, 0.25) is 0 Å². The van der Waals surface area contributed by atoms with E-state index in [0.717, 1.165) is 50.8 Å². The molecule has 0 radical (unpaired) electrons. The van der Waals surface area contributed by atoms with Crippen LogP contribution in [0.1, 0.15) is 62.5 Å². The number of benzene rings is 1. The number of carbonyl (C=O) groups excluding carboxylic acids is 2. The summed E-state index contributed by atoms with van der Waals surface area (Å²) in [6.45, 7) is 8.24. The Morgan fingerprint density at radius 3 is 2.65 bits per heavy atom. The summed E-state index contributed by atoms with van der Waals surface area (Å²) in [7, 11) is 0. The predicted molar refractivity (Wildman–Crippen MR) is 132 cm³/mol. The van der Waals surface area contributed by atoms with Crippen molar-refractivity contribution in [2.45, 2.75) is 51.4 Å². The second-order valence-corrected chi connectivity index (χ2v) is 8.70. The molecule has 0 bridgehead atoms. The maximum absolute atomic E-state index is 13.1. The van der Waals surface area contributed by atoms with Crippen molar-refractivity contribution in [1.29, 1.82) is 0 Å². The van der Waals surface area contributed by atoms with E-state index in [4.69, 9.17) is 4.74 Å². The number of fused-ring (bicyclic) bond motifs is 1. The van der Waals surface area contributed by atoms with Crippen molar-refractivity contribution in [2.24, 2.45) is 0 Å². The van der Waals surface area contributed by atoms with Gasteiger partial charge in [0, 0.05) is 30.8 Å². The summed E-state index contributed by atoms with van der Waals surface area (Å²) in [5.41, 5.74) is 1.16. The zero-order valence-electron chi connectivity index (χ0n) is 19.5. The van der Waals surface area contributed by atoms with E-state index in [1.807, 2.05) is 17.0 Å². The number of nitrogens with zero attached hydrogens (tertiary/aromatic N) is 2. The molecule has 0 spiro atoms. The van der Waals surface area contributed by atoms with Crippen molar-refractivity contribution in [3.8, 4) is 0 Å². The van der Waals surface area contributed by atoms with Gasteiger partial charge >= 0.3 is 0 Å². The molecule has 3 N–H and O–H groups in total. The number of carbonyl (C=O) groups is 2. The van der Waals surface area contributed by atoms with Crippen molar-refractivity contribution in [2.75, 3.05) is 35.2 Å². The minimum Gasteiger partial charge on any atom is -0.494 e. The second-order valence-electron chi connectivity index (χ2n) is 8.70. The number of hydrogen-bond acceptors (Lipinski definition) is 6. The zero-order valence-corrected chi connectivity index (χ0v) is 19.5. The highest BCUT2D eigenvalue weighted by atomic mass is 16.5. The van der Waals surface area contributed by atoms with Gasteiger partial charge in [0.15, 0.2) is 0 Å². The van der Waals surface area contributed by atoms with Gasteiger partial charge < -0.3 is 20.3 Å². The average Bonchev–Trinajstić information content (AvgIpc) is 2.84. The fraction of sp³-hybridized carbons (Fsp3) is 0.440. The molecule has 0 aliphatic carbocycles. The average molecular weight is 466 g/mol. The molecule has 4 rings (SSSR count). The Kier molecular flexibility index (Phi) is 7.30. The van der Waals surface area contributed by atoms with Crippen molar-refractivity contribution in [3.05, 3.63) is 52.3 Å². The van der Waals surface area contributed by atoms with Crippen LogP contribution in [0.3, 0.4) is 0 Å². The first-order valence-electron chi connectivity index (χ1n) is 11.9. The van der Waals surface area contributed by atoms with Crippen LogP contribution in [0.15, 0.2) is 35.6 Å². The van der Waals surface area contributed by atoms with E-state index < -0.39 is 17.4 Å². The van der Waals surface area contributed by atoms with E-state index in [9.17, 15) is 14.4 Å². The molecule has 9 heteroatoms. The van der Waals surface area contributed by atoms with Gasteiger partial charge in [0.2, 0.25) is 17.8 Å². The zero-order chi connectivity index (χ0) is 24.1. The minimum absolute atomic E-state index is 0.118. The van der Waals surface area contributed by atoms with Crippen LogP contribution in [0.5, 0.6) is 0 Å². The summed E-state index contributed by atoms with van der Waals surface area (Å²) < 4.78 is 5.63. The van der Waals surface area contributed by atoms with Gasteiger partial charge in [-0.2, -0.15) is 4.98 Å². The molecular weight excluding hydrogens is 434 g/mol. The summed E-state index contributed by atoms with van der Waals surface area (Å²) in [6.07, 6.45) is 5.07. The molecular formula is C25H31N5O4. The fourth-order valence-electron chi connectivity index (χ4n) is 4.23. The lowest BCUT2D eigenvalue weighted by molar-refractivity contribution is -0.123. The summed E-state index contributed by atoms with van der Waals surface area (Å²) >= 11 is 0. The molecule has 1 saturated heterocycles. The highest BCUT2D eigenvalue weighted by Crippen LogP contribution is 2.31. The number of nitrogens with one attached hydrogen (secondary N) is 3. The smallest absolute Gasteiger partial charge is 0.258 e. The van der Waals surface area contributed by atoms with Gasteiger partial charge in [0.05, 0.1) is 18.1 Å². The van der Waals surface area contributed by atoms with E-state index in [-0.39, 0.29) is 23.7 Å². The molecule has 0 unspecified atom stereocenters. The normalized spacial score (nSPS) is 17.5. The highest BCUT2D eigenvalue weighted by molar-refractivity contribution is 6.04. The number of aromatic amines is 1. The largest absolute Gasteiger partial charge is 0.494 e. The number of ether oxygens (including phenoxy) is 1. The quantitative estimate of drug-likeness (QED) is 0.405. The monoisotopic (exact) mass is 465 g/mol. The SMILES string of the molecule is C=C(OCCCC)c1ccc(NC(=O)[C@H]2CC(=O)Nc3nc(N4CCCCC4)[nH]c(=O)c32)cc1. The lowest BCUT2D eigenvalue weighted by atomic mass is 9.92. The number of amides is 2. The highest BCUT2D eigenvalue weighted by Gasteiger charge is 2.35. The van der Waals surface area contributed by atoms with E-state index in [0.29, 0.717) is 24.0 Å². The molecule has 34 heavy (non-hydrogen) atoms. The molecule has 1 fully saturated rings. The maximum Gasteiger partial charge on any atom is 0.258 e. The molecule has 180 valence electrons. The Hall–Kier alpha value is -3.62. The van der Waals surface area contributed by atoms with Gasteiger partial charge in [-0.15, -0.1) is 0 Å². The van der Waals surface area contributed by atoms with E-state index >= 15 is 0 Å². The molecule has 9 nitrogen and oxygen atoms in total. The summed E-state index contributed by atoms with van der Waals surface area (Å²) in [6, 6.07) is 7.11. The van der Waals surface area contributed by atoms with Gasteiger partial charge in [-0.05, 0) is 49.9 Å². The Bertz CT molecular complexity index is 1120. The third-order valence-corrected chi connectivity index (χ3v) is 6.16. The number of piperidine rings is 1. The Morgan fingerprint density at radius 1 is 1.21 bits per heavy atom. The summed E-state index contributed by atoms with van der Waals surface area (Å²) in [5.74, 6) is -0.529. The lowest BCUT2D eigenvalue weighted by Crippen LogP contribution is -2.38. The van der Waals surface area contributed by atoms with Crippen molar-refractivity contribution in [1.82, 2.24) is 9.97 Å². The van der Waals surface area contributed by atoms with Gasteiger partial charge in [-0.1, -0.05) is 19.9 Å². The van der Waals surface area contributed by atoms with E-state index in [1.54, 1.807) is 12.1 Å². The molecule has 0 saturated carbocycles. The Labute approximate surface area is 198 Å². The van der Waals surface area contributed by atoms with Crippen LogP contribution < -0.4 is 21.1 Å². The lowest BCUT2D eigenvalue weighted by Gasteiger charge is -2.29. The predicted octanol–water partition coefficient (Wildman–Crippen LogP) is 3.61. The first-order chi connectivity index (χ1) is 16.5. The van der Waals surface area contributed by atoms with Crippen LogP contribution >= 0.6 is 0 Å². The standard InChI is InChI=1S/C25H31N5O4/c1-3-4-14-34-16(2)17-8-10-18(11-9-17)26-23(32)19-15-20(31)27-22-21(19)24(33)29-25(28-22)30-12-6-5-7-13-30/h8-11,19H,2-7,12-15H2,1H3,(H,26,32)(H2,27,28,29,31,33)/t19-/m0/s1. The maximum atomic E-state index is 13.1. The number of aromatic nitrogens is 2. The number of anilines is 3. The molecule has 2 aromatic rings. The summed E-state index contributed by atoms with van der Waals surface area (Å²) in [4.78, 5) is 47.7. The van der Waals surface area contributed by atoms with Crippen LogP contribution in [0.4, 0.5) is 17.5 Å². The number of rotatable bonds is 8. The first kappa shape index (κ1) is 23.5. The molecule has 3 heterocycles. The van der Waals surface area contributed by atoms with Gasteiger partial charge in [0.25, 0.3) is 5.56 Å². The van der Waals surface area contributed by atoms with Crippen molar-refractivity contribution < 1.29 is 14.3 Å². The van der Waals surface area contributed by atoms with Crippen LogP contribution in [-0.4, -0.2) is 41.5 Å². The van der Waals surface area contributed by atoms with Crippen LogP contribution in [0, 0.1) is 0 Å². The number of unbranched alkanes of at least 4 members (excludes halogenated alkanes) is 1. The molecule has 1 aromatic carbocycles. The molecule has 1 atom stereocenters. The second kappa shape index (κ2) is 10.5. The van der Waals surface area contributed by atoms with E-state index in [1.165, 1.54) is 0 Å². The topological polar surface area (TPSA) is 116 Å². The molecule has 1 aromatic heterocycles. The molecule has 2 aliphatic heterocycles. The van der Waals surface area contributed by atoms with Crippen molar-refractivity contribution in [3.63, 3.8) is 0 Å². The Balaban J connectivity index is 1.49. The van der Waals surface area contributed by atoms with Gasteiger partial charge in [-0.3, -0.25) is 19.4 Å². The van der Waals surface area contributed by atoms with Crippen LogP contribution in [0.25, 0.3) is 5.76 Å². The van der Waals surface area contributed by atoms with E-state index in [2.05, 4.69) is 34.1 Å². The van der Waals surface area contributed by atoms with Gasteiger partial charge in [-0.25, -0.2) is 0 Å². The first-order valence-corrected chi connectivity index (χ1v) is 11.9. The minimum atomic E-state index is -0.928. The Morgan fingerprint density at radius 2 is 1.94 bits per heavy atom. The van der Waals surface area contributed by atoms with Gasteiger partial charge in [0.1, 0.15) is 11.6 Å². The number of hydrogen-bond donors (Lipinski definition) is 3. The summed E-state index contributed by atoms with van der Waals surface area (Å²) in [5, 5.41) is 5.49. The third-order valence-electron chi connectivity index (χ3n) is 6.16. The van der Waals surface area contributed by atoms with Crippen molar-refractivity contribution >= 4 is 35.0 Å². The number of H-pyrrole nitrogens is 1. The van der Waals surface area contributed by atoms with Crippen LogP contribution in [-0.2, 0) is 14.3 Å². The molecule has 2 amide bonds. The fourth-order valence-corrected chi connectivity index (χ4v) is 4.23. The molecule has 2 aliphatic rings. The third kappa shape index (κ3) is 5.30.